The van der Waals surface area contributed by atoms with Crippen LogP contribution in [0.3, 0.4) is 0 Å². The quantitative estimate of drug-likeness (QED) is 0.487. The molecule has 0 saturated carbocycles. The van der Waals surface area contributed by atoms with Gasteiger partial charge in [0.15, 0.2) is 5.82 Å². The minimum atomic E-state index is -0.606. The van der Waals surface area contributed by atoms with Gasteiger partial charge in [-0.2, -0.15) is 5.26 Å². The van der Waals surface area contributed by atoms with Gasteiger partial charge in [0.25, 0.3) is 5.56 Å². The molecule has 4 aromatic rings. The number of benzene rings is 1. The molecule has 0 aliphatic rings. The van der Waals surface area contributed by atoms with E-state index in [1.165, 1.54) is 23.1 Å². The van der Waals surface area contributed by atoms with Crippen molar-refractivity contribution >= 4 is 23.1 Å². The first-order valence-electron chi connectivity index (χ1n) is 8.13. The van der Waals surface area contributed by atoms with Gasteiger partial charge in [-0.15, -0.1) is 23.1 Å². The highest BCUT2D eigenvalue weighted by atomic mass is 32.2. The Hall–Kier alpha value is -3.35. The molecule has 0 aliphatic carbocycles. The first-order chi connectivity index (χ1) is 13.6. The van der Waals surface area contributed by atoms with Gasteiger partial charge >= 0.3 is 5.76 Å². The molecule has 0 bridgehead atoms. The van der Waals surface area contributed by atoms with Crippen LogP contribution in [0.5, 0.6) is 0 Å². The van der Waals surface area contributed by atoms with Gasteiger partial charge in [0.05, 0.1) is 5.03 Å². The summed E-state index contributed by atoms with van der Waals surface area (Å²) in [5.41, 5.74) is 2.07. The summed E-state index contributed by atoms with van der Waals surface area (Å²) >= 11 is 2.93. The molecular formula is C19H12N4O3S2. The molecule has 0 unspecified atom stereocenters. The van der Waals surface area contributed by atoms with E-state index in [1.54, 1.807) is 0 Å². The zero-order valence-corrected chi connectivity index (χ0v) is 15.9. The molecule has 2 N–H and O–H groups in total. The van der Waals surface area contributed by atoms with Crippen molar-refractivity contribution in [1.29, 1.82) is 5.26 Å². The fourth-order valence-electron chi connectivity index (χ4n) is 2.67. The molecule has 0 aliphatic heterocycles. The topological polar surface area (TPSA) is 116 Å². The van der Waals surface area contributed by atoms with E-state index in [4.69, 9.17) is 0 Å². The summed E-state index contributed by atoms with van der Waals surface area (Å²) in [4.78, 5) is 29.6. The molecule has 1 aromatic carbocycles. The van der Waals surface area contributed by atoms with Crippen LogP contribution in [0.25, 0.3) is 21.8 Å². The van der Waals surface area contributed by atoms with Crippen LogP contribution in [0.15, 0.2) is 67.0 Å². The number of rotatable bonds is 5. The first-order valence-corrected chi connectivity index (χ1v) is 10.00. The van der Waals surface area contributed by atoms with Gasteiger partial charge in [0, 0.05) is 21.8 Å². The summed E-state index contributed by atoms with van der Waals surface area (Å²) in [5.74, 6) is 0.344. The average molecular weight is 408 g/mol. The second-order valence-corrected chi connectivity index (χ2v) is 7.74. The van der Waals surface area contributed by atoms with Crippen LogP contribution in [-0.4, -0.2) is 15.1 Å². The number of hydrogen-bond donors (Lipinski definition) is 2. The number of H-pyrrole nitrogens is 2. The lowest BCUT2D eigenvalue weighted by Crippen LogP contribution is -2.12. The van der Waals surface area contributed by atoms with Crippen LogP contribution in [0.2, 0.25) is 0 Å². The van der Waals surface area contributed by atoms with Crippen LogP contribution >= 0.6 is 23.1 Å². The molecule has 4 rings (SSSR count). The van der Waals surface area contributed by atoms with Gasteiger partial charge in [0.2, 0.25) is 0 Å². The van der Waals surface area contributed by atoms with E-state index in [0.29, 0.717) is 22.2 Å². The summed E-state index contributed by atoms with van der Waals surface area (Å²) in [6, 6.07) is 15.1. The molecule has 0 radical (unpaired) electrons. The Kier molecular flexibility index (Phi) is 4.97. The van der Waals surface area contributed by atoms with Crippen molar-refractivity contribution in [1.82, 2.24) is 15.1 Å². The SMILES string of the molecule is N#Cc1c(-c2cccs2)cc(SCc2cccc(-c3noc(=O)[nH]3)c2)[nH]c1=O. The molecule has 7 nitrogen and oxygen atoms in total. The van der Waals surface area contributed by atoms with Crippen molar-refractivity contribution in [3.63, 3.8) is 0 Å². The first kappa shape index (κ1) is 18.0. The van der Waals surface area contributed by atoms with Crippen LogP contribution in [-0.2, 0) is 5.75 Å². The number of aromatic amines is 2. The molecule has 138 valence electrons. The monoisotopic (exact) mass is 408 g/mol. The Morgan fingerprint density at radius 3 is 2.79 bits per heavy atom. The zero-order chi connectivity index (χ0) is 19.5. The molecule has 0 amide bonds. The van der Waals surface area contributed by atoms with E-state index in [2.05, 4.69) is 19.6 Å². The third kappa shape index (κ3) is 3.69. The van der Waals surface area contributed by atoms with E-state index in [1.807, 2.05) is 53.9 Å². The lowest BCUT2D eigenvalue weighted by molar-refractivity contribution is 0.388. The zero-order valence-electron chi connectivity index (χ0n) is 14.3. The van der Waals surface area contributed by atoms with Crippen molar-refractivity contribution in [2.45, 2.75) is 10.8 Å². The van der Waals surface area contributed by atoms with Crippen molar-refractivity contribution in [3.05, 3.63) is 79.9 Å². The molecule has 0 saturated heterocycles. The van der Waals surface area contributed by atoms with Crippen LogP contribution in [0.1, 0.15) is 11.1 Å². The summed E-state index contributed by atoms with van der Waals surface area (Å²) < 4.78 is 4.54. The molecule has 3 heterocycles. The molecular weight excluding hydrogens is 396 g/mol. The third-order valence-corrected chi connectivity index (χ3v) is 5.85. The van der Waals surface area contributed by atoms with Gasteiger partial charge in [-0.25, -0.2) is 4.79 Å². The highest BCUT2D eigenvalue weighted by Crippen LogP contribution is 2.30. The van der Waals surface area contributed by atoms with Gasteiger partial charge in [-0.1, -0.05) is 29.4 Å². The van der Waals surface area contributed by atoms with Crippen LogP contribution < -0.4 is 11.3 Å². The molecule has 0 spiro atoms. The van der Waals surface area contributed by atoms with Crippen LogP contribution in [0, 0.1) is 11.3 Å². The van der Waals surface area contributed by atoms with E-state index < -0.39 is 11.3 Å². The maximum Gasteiger partial charge on any atom is 0.439 e. The Morgan fingerprint density at radius 1 is 1.18 bits per heavy atom. The second kappa shape index (κ2) is 7.72. The molecule has 9 heteroatoms. The predicted octanol–water partition coefficient (Wildman–Crippen LogP) is 3.61. The number of pyridine rings is 1. The smallest absolute Gasteiger partial charge is 0.316 e. The Balaban J connectivity index is 1.60. The second-order valence-electron chi connectivity index (χ2n) is 5.77. The Morgan fingerprint density at radius 2 is 2.07 bits per heavy atom. The maximum absolute atomic E-state index is 12.3. The summed E-state index contributed by atoms with van der Waals surface area (Å²) in [7, 11) is 0. The Labute approximate surface area is 166 Å². The number of nitriles is 1. The minimum absolute atomic E-state index is 0.115. The number of nitrogens with zero attached hydrogens (tertiary/aromatic N) is 2. The third-order valence-electron chi connectivity index (χ3n) is 3.94. The van der Waals surface area contributed by atoms with Gasteiger partial charge in [0.1, 0.15) is 11.6 Å². The summed E-state index contributed by atoms with van der Waals surface area (Å²) in [5, 5.41) is 15.6. The maximum atomic E-state index is 12.3. The molecule has 0 atom stereocenters. The van der Waals surface area contributed by atoms with Gasteiger partial charge in [-0.05, 0) is 29.1 Å². The molecule has 28 heavy (non-hydrogen) atoms. The number of nitrogens with one attached hydrogen (secondary N) is 2. The standard InChI is InChI=1S/C19H12N4O3S2/c20-9-14-13(15-5-2-6-27-15)8-16(21-18(14)24)28-10-11-3-1-4-12(7-11)17-22-19(25)26-23-17/h1-8H,10H2,(H,21,24)(H,22,23,25). The van der Waals surface area contributed by atoms with E-state index in [9.17, 15) is 14.9 Å². The molecule has 0 fully saturated rings. The highest BCUT2D eigenvalue weighted by Gasteiger charge is 2.13. The predicted molar refractivity (Wildman–Crippen MR) is 107 cm³/mol. The molecule has 3 aromatic heterocycles. The van der Waals surface area contributed by atoms with Gasteiger partial charge in [-0.3, -0.25) is 14.3 Å². The van der Waals surface area contributed by atoms with Crippen molar-refractivity contribution in [2.24, 2.45) is 0 Å². The van der Waals surface area contributed by atoms with E-state index in [0.717, 1.165) is 16.0 Å². The highest BCUT2D eigenvalue weighted by molar-refractivity contribution is 7.98. The van der Waals surface area contributed by atoms with Crippen LogP contribution in [0.4, 0.5) is 0 Å². The number of thioether (sulfide) groups is 1. The normalized spacial score (nSPS) is 10.7. The van der Waals surface area contributed by atoms with Crippen molar-refractivity contribution in [2.75, 3.05) is 0 Å². The largest absolute Gasteiger partial charge is 0.439 e. The lowest BCUT2D eigenvalue weighted by Gasteiger charge is -2.07. The fourth-order valence-corrected chi connectivity index (χ4v) is 4.29. The summed E-state index contributed by atoms with van der Waals surface area (Å²) in [6.45, 7) is 0. The summed E-state index contributed by atoms with van der Waals surface area (Å²) in [6.07, 6.45) is 0. The van der Waals surface area contributed by atoms with Gasteiger partial charge < -0.3 is 4.98 Å². The minimum Gasteiger partial charge on any atom is -0.316 e. The van der Waals surface area contributed by atoms with E-state index >= 15 is 0 Å². The average Bonchev–Trinajstić information content (AvgIpc) is 3.38. The van der Waals surface area contributed by atoms with Crippen molar-refractivity contribution < 1.29 is 4.52 Å². The number of hydrogen-bond acceptors (Lipinski definition) is 7. The fraction of sp³-hybridized carbons (Fsp3) is 0.0526. The van der Waals surface area contributed by atoms with E-state index in [-0.39, 0.29) is 5.56 Å². The van der Waals surface area contributed by atoms with Crippen molar-refractivity contribution in [3.8, 4) is 27.9 Å². The lowest BCUT2D eigenvalue weighted by atomic mass is 10.1. The number of aromatic nitrogens is 3. The Bertz CT molecular complexity index is 1280. The number of thiophene rings is 1.